The monoisotopic (exact) mass is 328 g/mol. The predicted molar refractivity (Wildman–Crippen MR) is 70.3 cm³/mol. The van der Waals surface area contributed by atoms with E-state index < -0.39 is 22.7 Å². The molecule has 0 saturated carbocycles. The third-order valence-corrected chi connectivity index (χ3v) is 6.47. The lowest BCUT2D eigenvalue weighted by molar-refractivity contribution is -0.148. The smallest absolute Gasteiger partial charge is 0.292 e. The molecule has 0 bridgehead atoms. The van der Waals surface area contributed by atoms with Crippen molar-refractivity contribution in [3.63, 3.8) is 0 Å². The number of piperazine rings is 1. The molecule has 0 radical (unpaired) electrons. The Morgan fingerprint density at radius 3 is 2.30 bits per heavy atom. The van der Waals surface area contributed by atoms with Gasteiger partial charge in [0.2, 0.25) is 0 Å². The maximum Gasteiger partial charge on any atom is 0.401 e. The number of halogens is 3. The van der Waals surface area contributed by atoms with Gasteiger partial charge in [-0.15, -0.1) is 11.3 Å². The Bertz CT molecular complexity index is 560. The Labute approximate surface area is 119 Å². The lowest BCUT2D eigenvalue weighted by Gasteiger charge is -2.33. The molecule has 2 heterocycles. The third kappa shape index (κ3) is 3.72. The zero-order valence-electron chi connectivity index (χ0n) is 10.9. The molecule has 1 saturated heterocycles. The van der Waals surface area contributed by atoms with Crippen molar-refractivity contribution >= 4 is 21.4 Å². The highest BCUT2D eigenvalue weighted by Crippen LogP contribution is 2.25. The first-order valence-electron chi connectivity index (χ1n) is 6.03. The summed E-state index contributed by atoms with van der Waals surface area (Å²) in [6, 6.07) is 1.59. The van der Waals surface area contributed by atoms with Crippen molar-refractivity contribution in [1.82, 2.24) is 9.21 Å². The fourth-order valence-corrected chi connectivity index (χ4v) is 4.85. The molecule has 1 aromatic heterocycles. The molecular formula is C11H15F3N2O2S2. The zero-order chi connectivity index (χ0) is 15.0. The minimum atomic E-state index is -4.24. The van der Waals surface area contributed by atoms with Gasteiger partial charge >= 0.3 is 6.18 Å². The van der Waals surface area contributed by atoms with E-state index in [9.17, 15) is 21.6 Å². The van der Waals surface area contributed by atoms with Crippen LogP contribution in [0.2, 0.25) is 0 Å². The minimum Gasteiger partial charge on any atom is -0.292 e. The Morgan fingerprint density at radius 2 is 1.85 bits per heavy atom. The molecule has 1 fully saturated rings. The van der Waals surface area contributed by atoms with Gasteiger partial charge < -0.3 is 0 Å². The van der Waals surface area contributed by atoms with E-state index in [1.807, 2.05) is 0 Å². The molecule has 0 unspecified atom stereocenters. The van der Waals surface area contributed by atoms with Crippen LogP contribution in [-0.2, 0) is 10.0 Å². The highest BCUT2D eigenvalue weighted by atomic mass is 32.2. The standard InChI is InChI=1S/C11H15F3N2O2S2/c1-9-6-10(19-7-9)20(17,18)16-4-2-15(3-5-16)8-11(12,13)14/h6-7H,2-5,8H2,1H3. The van der Waals surface area contributed by atoms with E-state index in [0.29, 0.717) is 0 Å². The number of hydrogen-bond acceptors (Lipinski definition) is 4. The molecule has 0 aromatic carbocycles. The Kier molecular flexibility index (Phi) is 4.43. The van der Waals surface area contributed by atoms with Gasteiger partial charge in [0.1, 0.15) is 4.21 Å². The van der Waals surface area contributed by atoms with Crippen LogP contribution in [0.3, 0.4) is 0 Å². The van der Waals surface area contributed by atoms with Crippen molar-refractivity contribution in [2.45, 2.75) is 17.3 Å². The summed E-state index contributed by atoms with van der Waals surface area (Å²) in [4.78, 5) is 1.23. The summed E-state index contributed by atoms with van der Waals surface area (Å²) in [6.07, 6.45) is -4.24. The fraction of sp³-hybridized carbons (Fsp3) is 0.636. The van der Waals surface area contributed by atoms with Crippen LogP contribution in [0.15, 0.2) is 15.7 Å². The van der Waals surface area contributed by atoms with Gasteiger partial charge in [-0.1, -0.05) is 0 Å². The second kappa shape index (κ2) is 5.63. The van der Waals surface area contributed by atoms with Crippen molar-refractivity contribution in [3.05, 3.63) is 17.0 Å². The maximum atomic E-state index is 12.3. The lowest BCUT2D eigenvalue weighted by Crippen LogP contribution is -2.50. The molecule has 2 rings (SSSR count). The zero-order valence-corrected chi connectivity index (χ0v) is 12.5. The van der Waals surface area contributed by atoms with E-state index in [4.69, 9.17) is 0 Å². The second-order valence-corrected chi connectivity index (χ2v) is 7.81. The normalized spacial score (nSPS) is 19.4. The highest BCUT2D eigenvalue weighted by Gasteiger charge is 2.35. The van der Waals surface area contributed by atoms with E-state index in [1.54, 1.807) is 18.4 Å². The van der Waals surface area contributed by atoms with Crippen molar-refractivity contribution in [2.75, 3.05) is 32.7 Å². The summed E-state index contributed by atoms with van der Waals surface area (Å²) in [5, 5.41) is 1.74. The Morgan fingerprint density at radius 1 is 1.25 bits per heavy atom. The van der Waals surface area contributed by atoms with Gasteiger partial charge in [0.05, 0.1) is 6.54 Å². The van der Waals surface area contributed by atoms with Gasteiger partial charge in [0.25, 0.3) is 10.0 Å². The summed E-state index contributed by atoms with van der Waals surface area (Å²) in [7, 11) is -3.56. The lowest BCUT2D eigenvalue weighted by atomic mass is 10.3. The molecule has 114 valence electrons. The van der Waals surface area contributed by atoms with Crippen LogP contribution in [0, 0.1) is 6.92 Å². The second-order valence-electron chi connectivity index (χ2n) is 4.74. The van der Waals surface area contributed by atoms with Gasteiger partial charge in [-0.05, 0) is 23.9 Å². The molecular weight excluding hydrogens is 313 g/mol. The van der Waals surface area contributed by atoms with Crippen molar-refractivity contribution in [1.29, 1.82) is 0 Å². The number of rotatable bonds is 3. The van der Waals surface area contributed by atoms with Crippen molar-refractivity contribution < 1.29 is 21.6 Å². The van der Waals surface area contributed by atoms with Crippen LogP contribution < -0.4 is 0 Å². The minimum absolute atomic E-state index is 0.0926. The van der Waals surface area contributed by atoms with E-state index in [1.165, 1.54) is 9.21 Å². The summed E-state index contributed by atoms with van der Waals surface area (Å²) >= 11 is 1.14. The van der Waals surface area contributed by atoms with Gasteiger partial charge in [0.15, 0.2) is 0 Å². The number of nitrogens with zero attached hydrogens (tertiary/aromatic N) is 2. The van der Waals surface area contributed by atoms with Crippen LogP contribution in [0.4, 0.5) is 13.2 Å². The summed E-state index contributed by atoms with van der Waals surface area (Å²) in [5.41, 5.74) is 0.865. The van der Waals surface area contributed by atoms with Crippen LogP contribution in [0.5, 0.6) is 0 Å². The first-order chi connectivity index (χ1) is 9.18. The molecule has 0 amide bonds. The predicted octanol–water partition coefficient (Wildman–Crippen LogP) is 1.93. The largest absolute Gasteiger partial charge is 0.401 e. The molecule has 4 nitrogen and oxygen atoms in total. The number of hydrogen-bond donors (Lipinski definition) is 0. The topological polar surface area (TPSA) is 40.6 Å². The molecule has 1 aromatic rings. The molecule has 0 aliphatic carbocycles. The number of alkyl halides is 3. The Hall–Kier alpha value is -0.640. The van der Waals surface area contributed by atoms with E-state index >= 15 is 0 Å². The SMILES string of the molecule is Cc1csc(S(=O)(=O)N2CCN(CC(F)(F)F)CC2)c1. The molecule has 0 N–H and O–H groups in total. The fourth-order valence-electron chi connectivity index (χ4n) is 2.05. The highest BCUT2D eigenvalue weighted by molar-refractivity contribution is 7.91. The average molecular weight is 328 g/mol. The van der Waals surface area contributed by atoms with Crippen LogP contribution in [-0.4, -0.2) is 56.5 Å². The quantitative estimate of drug-likeness (QED) is 0.851. The van der Waals surface area contributed by atoms with Crippen molar-refractivity contribution in [3.8, 4) is 0 Å². The number of thiophene rings is 1. The van der Waals surface area contributed by atoms with Gasteiger partial charge in [-0.3, -0.25) is 4.90 Å². The van der Waals surface area contributed by atoms with Crippen LogP contribution >= 0.6 is 11.3 Å². The summed E-state index contributed by atoms with van der Waals surface area (Å²) < 4.78 is 62.9. The molecule has 0 atom stereocenters. The molecule has 20 heavy (non-hydrogen) atoms. The molecule has 9 heteroatoms. The van der Waals surface area contributed by atoms with Crippen LogP contribution in [0.25, 0.3) is 0 Å². The average Bonchev–Trinajstić information content (AvgIpc) is 2.75. The first kappa shape index (κ1) is 15.7. The van der Waals surface area contributed by atoms with Gasteiger partial charge in [0, 0.05) is 26.2 Å². The summed E-state index contributed by atoms with van der Waals surface area (Å²) in [5.74, 6) is 0. The molecule has 1 aliphatic rings. The van der Waals surface area contributed by atoms with Gasteiger partial charge in [-0.25, -0.2) is 8.42 Å². The van der Waals surface area contributed by atoms with E-state index in [2.05, 4.69) is 0 Å². The van der Waals surface area contributed by atoms with E-state index in [-0.39, 0.29) is 30.4 Å². The van der Waals surface area contributed by atoms with Gasteiger partial charge in [-0.2, -0.15) is 17.5 Å². The Balaban J connectivity index is 2.00. The summed E-state index contributed by atoms with van der Waals surface area (Å²) in [6.45, 7) is 1.20. The number of aryl methyl sites for hydroxylation is 1. The van der Waals surface area contributed by atoms with Crippen molar-refractivity contribution in [2.24, 2.45) is 0 Å². The first-order valence-corrected chi connectivity index (χ1v) is 8.35. The van der Waals surface area contributed by atoms with Crippen LogP contribution in [0.1, 0.15) is 5.56 Å². The molecule has 0 spiro atoms. The maximum absolute atomic E-state index is 12.3. The van der Waals surface area contributed by atoms with E-state index in [0.717, 1.165) is 16.9 Å². The number of sulfonamides is 1. The molecule has 1 aliphatic heterocycles. The third-order valence-electron chi connectivity index (χ3n) is 3.03.